The Morgan fingerprint density at radius 2 is 1.90 bits per heavy atom. The molecule has 1 heterocycles. The van der Waals surface area contributed by atoms with Crippen molar-refractivity contribution >= 4 is 0 Å². The van der Waals surface area contributed by atoms with Crippen molar-refractivity contribution in [1.82, 2.24) is 0 Å². The number of benzene rings is 2. The van der Waals surface area contributed by atoms with E-state index in [1.807, 2.05) is 0 Å². The van der Waals surface area contributed by atoms with Gasteiger partial charge in [-0.2, -0.15) is 0 Å². The quantitative estimate of drug-likeness (QED) is 0.941. The molecule has 1 aliphatic rings. The van der Waals surface area contributed by atoms with Crippen molar-refractivity contribution in [1.29, 1.82) is 0 Å². The van der Waals surface area contributed by atoms with Gasteiger partial charge in [-0.3, -0.25) is 0 Å². The van der Waals surface area contributed by atoms with Gasteiger partial charge in [0.2, 0.25) is 6.79 Å². The summed E-state index contributed by atoms with van der Waals surface area (Å²) in [6, 6.07) is 7.81. The van der Waals surface area contributed by atoms with Crippen LogP contribution >= 0.6 is 0 Å². The van der Waals surface area contributed by atoms with Crippen LogP contribution in [0.3, 0.4) is 0 Å². The van der Waals surface area contributed by atoms with Gasteiger partial charge in [0, 0.05) is 6.07 Å². The summed E-state index contributed by atoms with van der Waals surface area (Å²) in [6.45, 7) is 0.193. The Hall–Kier alpha value is -2.34. The number of rotatable bonds is 4. The van der Waals surface area contributed by atoms with E-state index < -0.39 is 17.7 Å². The molecule has 110 valence electrons. The monoisotopic (exact) mass is 293 g/mol. The molecule has 0 amide bonds. The van der Waals surface area contributed by atoms with E-state index in [4.69, 9.17) is 19.9 Å². The van der Waals surface area contributed by atoms with Gasteiger partial charge < -0.3 is 19.9 Å². The van der Waals surface area contributed by atoms with E-state index in [2.05, 4.69) is 0 Å². The molecule has 6 heteroatoms. The predicted molar refractivity (Wildman–Crippen MR) is 71.3 cm³/mol. The number of hydrogen-bond acceptors (Lipinski definition) is 4. The summed E-state index contributed by atoms with van der Waals surface area (Å²) in [6.07, 6.45) is 0. The molecular formula is C15H13F2NO3. The highest BCUT2D eigenvalue weighted by atomic mass is 19.1. The summed E-state index contributed by atoms with van der Waals surface area (Å²) in [7, 11) is 0. The molecule has 0 spiro atoms. The first-order valence-electron chi connectivity index (χ1n) is 6.36. The molecule has 0 aliphatic carbocycles. The van der Waals surface area contributed by atoms with E-state index in [1.165, 1.54) is 0 Å². The molecule has 0 bridgehead atoms. The average molecular weight is 293 g/mol. The van der Waals surface area contributed by atoms with Crippen molar-refractivity contribution in [3.8, 4) is 17.2 Å². The van der Waals surface area contributed by atoms with Gasteiger partial charge in [-0.15, -0.1) is 0 Å². The molecule has 0 saturated heterocycles. The van der Waals surface area contributed by atoms with Crippen molar-refractivity contribution in [2.24, 2.45) is 5.73 Å². The molecule has 1 aliphatic heterocycles. The van der Waals surface area contributed by atoms with Crippen LogP contribution in [0.1, 0.15) is 11.6 Å². The van der Waals surface area contributed by atoms with Gasteiger partial charge in [-0.05, 0) is 29.8 Å². The minimum Gasteiger partial charge on any atom is -0.488 e. The third-order valence-corrected chi connectivity index (χ3v) is 3.14. The van der Waals surface area contributed by atoms with Gasteiger partial charge >= 0.3 is 0 Å². The number of fused-ring (bicyclic) bond motifs is 1. The summed E-state index contributed by atoms with van der Waals surface area (Å²) >= 11 is 0. The number of ether oxygens (including phenoxy) is 3. The molecule has 0 radical (unpaired) electrons. The summed E-state index contributed by atoms with van der Waals surface area (Å²) in [5, 5.41) is 0. The van der Waals surface area contributed by atoms with E-state index >= 15 is 0 Å². The molecule has 2 aromatic carbocycles. The van der Waals surface area contributed by atoms with Gasteiger partial charge in [-0.25, -0.2) is 8.78 Å². The molecule has 1 atom stereocenters. The Morgan fingerprint density at radius 1 is 1.10 bits per heavy atom. The number of hydrogen-bond donors (Lipinski definition) is 1. The average Bonchev–Trinajstić information content (AvgIpc) is 2.95. The lowest BCUT2D eigenvalue weighted by Crippen LogP contribution is -2.19. The summed E-state index contributed by atoms with van der Waals surface area (Å²) in [5.74, 6) is -0.0912. The van der Waals surface area contributed by atoms with Crippen molar-refractivity contribution in [3.63, 3.8) is 0 Å². The Morgan fingerprint density at radius 3 is 2.76 bits per heavy atom. The van der Waals surface area contributed by atoms with E-state index in [-0.39, 0.29) is 19.1 Å². The maximum absolute atomic E-state index is 13.4. The SMILES string of the molecule is NC(COc1cc(F)ccc1F)c1ccc2c(c1)OCO2. The number of halogens is 2. The summed E-state index contributed by atoms with van der Waals surface area (Å²) < 4.78 is 42.2. The minimum atomic E-state index is -0.630. The van der Waals surface area contributed by atoms with Crippen molar-refractivity contribution in [3.05, 3.63) is 53.6 Å². The van der Waals surface area contributed by atoms with Crippen LogP contribution in [-0.2, 0) is 0 Å². The Bertz CT molecular complexity index is 663. The second-order valence-corrected chi connectivity index (χ2v) is 4.60. The molecule has 4 nitrogen and oxygen atoms in total. The number of nitrogens with two attached hydrogens (primary N) is 1. The zero-order chi connectivity index (χ0) is 14.8. The van der Waals surface area contributed by atoms with Crippen LogP contribution < -0.4 is 19.9 Å². The lowest BCUT2D eigenvalue weighted by atomic mass is 10.1. The molecule has 2 aromatic rings. The minimum absolute atomic E-state index is 0.0139. The highest BCUT2D eigenvalue weighted by Gasteiger charge is 2.16. The van der Waals surface area contributed by atoms with Crippen LogP contribution in [0, 0.1) is 11.6 Å². The fourth-order valence-corrected chi connectivity index (χ4v) is 2.01. The lowest BCUT2D eigenvalue weighted by molar-refractivity contribution is 0.174. The van der Waals surface area contributed by atoms with Gasteiger partial charge in [-0.1, -0.05) is 6.07 Å². The summed E-state index contributed by atoms with van der Waals surface area (Å²) in [5.41, 5.74) is 6.75. The second-order valence-electron chi connectivity index (χ2n) is 4.60. The normalized spacial score (nSPS) is 14.0. The molecule has 1 unspecified atom stereocenters. The van der Waals surface area contributed by atoms with Crippen LogP contribution in [0.25, 0.3) is 0 Å². The van der Waals surface area contributed by atoms with Gasteiger partial charge in [0.15, 0.2) is 23.1 Å². The molecule has 0 saturated carbocycles. The van der Waals surface area contributed by atoms with Crippen molar-refractivity contribution in [2.45, 2.75) is 6.04 Å². The Kier molecular flexibility index (Phi) is 3.62. The molecule has 0 aromatic heterocycles. The van der Waals surface area contributed by atoms with Crippen molar-refractivity contribution < 1.29 is 23.0 Å². The Balaban J connectivity index is 1.69. The van der Waals surface area contributed by atoms with Gasteiger partial charge in [0.05, 0.1) is 6.04 Å². The largest absolute Gasteiger partial charge is 0.488 e. The molecular weight excluding hydrogens is 280 g/mol. The standard InChI is InChI=1S/C15H13F2NO3/c16-10-2-3-11(17)14(6-10)19-7-12(18)9-1-4-13-15(5-9)21-8-20-13/h1-6,12H,7-8,18H2. The third kappa shape index (κ3) is 2.90. The molecule has 0 fully saturated rings. The Labute approximate surface area is 120 Å². The van der Waals surface area contributed by atoms with Crippen molar-refractivity contribution in [2.75, 3.05) is 13.4 Å². The first-order chi connectivity index (χ1) is 10.1. The summed E-state index contributed by atoms with van der Waals surface area (Å²) in [4.78, 5) is 0. The van der Waals surface area contributed by atoms with E-state index in [1.54, 1.807) is 18.2 Å². The lowest BCUT2D eigenvalue weighted by Gasteiger charge is -2.14. The maximum atomic E-state index is 13.4. The molecule has 3 rings (SSSR count). The van der Waals surface area contributed by atoms with E-state index in [0.717, 1.165) is 23.8 Å². The highest BCUT2D eigenvalue weighted by Crippen LogP contribution is 2.34. The maximum Gasteiger partial charge on any atom is 0.231 e. The zero-order valence-corrected chi connectivity index (χ0v) is 11.0. The van der Waals surface area contributed by atoms with Crippen LogP contribution in [0.15, 0.2) is 36.4 Å². The first kappa shape index (κ1) is 13.6. The van der Waals surface area contributed by atoms with Crippen LogP contribution in [0.2, 0.25) is 0 Å². The smallest absolute Gasteiger partial charge is 0.231 e. The fourth-order valence-electron chi connectivity index (χ4n) is 2.01. The molecule has 2 N–H and O–H groups in total. The van der Waals surface area contributed by atoms with Crippen LogP contribution in [-0.4, -0.2) is 13.4 Å². The van der Waals surface area contributed by atoms with Crippen LogP contribution in [0.4, 0.5) is 8.78 Å². The van der Waals surface area contributed by atoms with Gasteiger partial charge in [0.25, 0.3) is 0 Å². The fraction of sp³-hybridized carbons (Fsp3) is 0.200. The van der Waals surface area contributed by atoms with E-state index in [9.17, 15) is 8.78 Å². The topological polar surface area (TPSA) is 53.7 Å². The second kappa shape index (κ2) is 5.57. The van der Waals surface area contributed by atoms with E-state index in [0.29, 0.717) is 11.5 Å². The highest BCUT2D eigenvalue weighted by molar-refractivity contribution is 5.45. The first-order valence-corrected chi connectivity index (χ1v) is 6.36. The third-order valence-electron chi connectivity index (χ3n) is 3.14. The molecule has 21 heavy (non-hydrogen) atoms. The zero-order valence-electron chi connectivity index (χ0n) is 11.0. The van der Waals surface area contributed by atoms with Crippen LogP contribution in [0.5, 0.6) is 17.2 Å². The predicted octanol–water partition coefficient (Wildman–Crippen LogP) is 2.77. The van der Waals surface area contributed by atoms with Gasteiger partial charge in [0.1, 0.15) is 12.4 Å².